The van der Waals surface area contributed by atoms with Crippen LogP contribution in [-0.4, -0.2) is 51.9 Å². The smallest absolute Gasteiger partial charge is 0.178 e. The molecule has 2 fully saturated rings. The van der Waals surface area contributed by atoms with Crippen molar-refractivity contribution >= 4 is 17.3 Å². The predicted molar refractivity (Wildman–Crippen MR) is 101 cm³/mol. The van der Waals surface area contributed by atoms with Crippen LogP contribution in [0, 0.1) is 11.8 Å². The average Bonchev–Trinajstić information content (AvgIpc) is 2.73. The average molecular weight is 401 g/mol. The molecule has 4 rings (SSSR count). The lowest BCUT2D eigenvalue weighted by Gasteiger charge is -2.42. The highest BCUT2D eigenvalue weighted by molar-refractivity contribution is 6.21. The minimum absolute atomic E-state index is 0.00982. The summed E-state index contributed by atoms with van der Waals surface area (Å²) in [6, 6.07) is 0. The van der Waals surface area contributed by atoms with E-state index in [-0.39, 0.29) is 54.0 Å². The molecule has 0 radical (unpaired) electrons. The summed E-state index contributed by atoms with van der Waals surface area (Å²) >= 11 is 0. The number of methoxy groups -OCH3 is 1. The van der Waals surface area contributed by atoms with E-state index in [2.05, 4.69) is 0 Å². The number of aliphatic hydroxyl groups excluding tert-OH is 2. The van der Waals surface area contributed by atoms with Crippen LogP contribution in [0.5, 0.6) is 0 Å². The fraction of sp³-hybridized carbons (Fsp3) is 0.476. The highest BCUT2D eigenvalue weighted by Crippen LogP contribution is 2.51. The van der Waals surface area contributed by atoms with E-state index in [4.69, 9.17) is 10.5 Å². The van der Waals surface area contributed by atoms with Crippen molar-refractivity contribution in [3.63, 3.8) is 0 Å². The first-order chi connectivity index (χ1) is 13.7. The molecule has 154 valence electrons. The molecular weight excluding hydrogens is 378 g/mol. The Morgan fingerprint density at radius 2 is 1.83 bits per heavy atom. The van der Waals surface area contributed by atoms with E-state index >= 15 is 0 Å². The standard InChI is InChI=1S/C21H23NO7/c1-29-12-4-2-3-10-14(12)20(27)16-15(18(10)25)19(26)11-7-21(28,13(23)8-22)6-5-9(11)17(16)24/h3,15-16,24,26,28H,2,4-8,22H2,1H3/t15?,16?,21-/m1/s1. The van der Waals surface area contributed by atoms with Gasteiger partial charge in [-0.1, -0.05) is 6.08 Å². The second-order valence-corrected chi connectivity index (χ2v) is 7.91. The Labute approximate surface area is 167 Å². The van der Waals surface area contributed by atoms with E-state index in [1.807, 2.05) is 0 Å². The molecule has 0 spiro atoms. The van der Waals surface area contributed by atoms with E-state index in [9.17, 15) is 29.7 Å². The number of ether oxygens (including phenoxy) is 1. The molecular formula is C21H23NO7. The predicted octanol–water partition coefficient (Wildman–Crippen LogP) is 1.07. The van der Waals surface area contributed by atoms with Crippen LogP contribution >= 0.6 is 0 Å². The molecule has 4 aliphatic rings. The number of allylic oxidation sites excluding steroid dienone is 7. The summed E-state index contributed by atoms with van der Waals surface area (Å²) in [6.07, 6.45) is 2.48. The number of fused-ring (bicyclic) bond motifs is 3. The largest absolute Gasteiger partial charge is 0.511 e. The molecule has 8 heteroatoms. The Morgan fingerprint density at radius 1 is 1.17 bits per heavy atom. The van der Waals surface area contributed by atoms with Crippen LogP contribution in [0.2, 0.25) is 0 Å². The zero-order chi connectivity index (χ0) is 21.1. The Kier molecular flexibility index (Phi) is 4.51. The number of aliphatic hydroxyl groups is 3. The van der Waals surface area contributed by atoms with Gasteiger partial charge < -0.3 is 25.8 Å². The SMILES string of the molecule is COC1=C2C(=O)C3C(O)=C4CC[C@](O)(C(=O)CN)CC4=C(O)C3C(=O)C2=CCC1. The minimum atomic E-state index is -1.77. The van der Waals surface area contributed by atoms with Crippen LogP contribution in [-0.2, 0) is 19.1 Å². The third-order valence-electron chi connectivity index (χ3n) is 6.46. The molecule has 4 aliphatic carbocycles. The van der Waals surface area contributed by atoms with Gasteiger partial charge in [0.15, 0.2) is 17.3 Å². The minimum Gasteiger partial charge on any atom is -0.511 e. The van der Waals surface area contributed by atoms with Crippen LogP contribution in [0.1, 0.15) is 32.1 Å². The van der Waals surface area contributed by atoms with Gasteiger partial charge in [0.1, 0.15) is 22.9 Å². The van der Waals surface area contributed by atoms with Gasteiger partial charge in [-0.15, -0.1) is 0 Å². The third kappa shape index (κ3) is 2.63. The molecule has 2 unspecified atom stereocenters. The summed E-state index contributed by atoms with van der Waals surface area (Å²) < 4.78 is 5.30. The van der Waals surface area contributed by atoms with Crippen molar-refractivity contribution in [1.29, 1.82) is 0 Å². The third-order valence-corrected chi connectivity index (χ3v) is 6.46. The lowest BCUT2D eigenvalue weighted by Crippen LogP contribution is -2.49. The summed E-state index contributed by atoms with van der Waals surface area (Å²) in [4.78, 5) is 38.5. The van der Waals surface area contributed by atoms with E-state index in [0.29, 0.717) is 24.2 Å². The van der Waals surface area contributed by atoms with Crippen molar-refractivity contribution in [3.05, 3.63) is 45.6 Å². The number of ketones is 3. The lowest BCUT2D eigenvalue weighted by atomic mass is 9.62. The highest BCUT2D eigenvalue weighted by Gasteiger charge is 2.55. The molecule has 0 aromatic carbocycles. The number of Topliss-reactive ketones (excluding diaryl/α,β-unsaturated/α-hetero) is 3. The number of carbonyl (C=O) groups is 3. The van der Waals surface area contributed by atoms with Gasteiger partial charge in [-0.3, -0.25) is 14.4 Å². The number of rotatable bonds is 3. The van der Waals surface area contributed by atoms with Crippen LogP contribution in [0.4, 0.5) is 0 Å². The molecule has 0 aliphatic heterocycles. The van der Waals surface area contributed by atoms with Crippen molar-refractivity contribution in [3.8, 4) is 0 Å². The molecule has 0 heterocycles. The molecule has 0 aromatic rings. The Bertz CT molecular complexity index is 968. The summed E-state index contributed by atoms with van der Waals surface area (Å²) in [5.41, 5.74) is 4.43. The van der Waals surface area contributed by atoms with E-state index in [1.165, 1.54) is 7.11 Å². The molecule has 29 heavy (non-hydrogen) atoms. The van der Waals surface area contributed by atoms with E-state index < -0.39 is 34.8 Å². The van der Waals surface area contributed by atoms with Gasteiger partial charge >= 0.3 is 0 Å². The maximum absolute atomic E-state index is 13.2. The summed E-state index contributed by atoms with van der Waals surface area (Å²) in [5, 5.41) is 32.5. The van der Waals surface area contributed by atoms with Gasteiger partial charge in [0, 0.05) is 24.0 Å². The Balaban J connectivity index is 1.84. The molecule has 0 amide bonds. The molecule has 3 atom stereocenters. The van der Waals surface area contributed by atoms with Crippen molar-refractivity contribution in [2.24, 2.45) is 17.6 Å². The number of hydrogen-bond donors (Lipinski definition) is 4. The van der Waals surface area contributed by atoms with Gasteiger partial charge in [-0.05, 0) is 24.8 Å². The first kappa shape index (κ1) is 19.6. The number of nitrogens with two attached hydrogens (primary N) is 1. The van der Waals surface area contributed by atoms with Gasteiger partial charge in [-0.25, -0.2) is 0 Å². The van der Waals surface area contributed by atoms with Crippen LogP contribution in [0.15, 0.2) is 45.6 Å². The van der Waals surface area contributed by atoms with Crippen molar-refractivity contribution in [1.82, 2.24) is 0 Å². The fourth-order valence-electron chi connectivity index (χ4n) is 4.91. The second-order valence-electron chi connectivity index (χ2n) is 7.91. The first-order valence-electron chi connectivity index (χ1n) is 9.61. The molecule has 5 N–H and O–H groups in total. The van der Waals surface area contributed by atoms with Crippen LogP contribution in [0.3, 0.4) is 0 Å². The van der Waals surface area contributed by atoms with Gasteiger partial charge in [0.05, 0.1) is 31.1 Å². The van der Waals surface area contributed by atoms with Crippen LogP contribution in [0.25, 0.3) is 0 Å². The van der Waals surface area contributed by atoms with Crippen molar-refractivity contribution in [2.45, 2.75) is 37.7 Å². The molecule has 0 bridgehead atoms. The normalized spacial score (nSPS) is 31.9. The quantitative estimate of drug-likeness (QED) is 0.549. The summed E-state index contributed by atoms with van der Waals surface area (Å²) in [6.45, 7) is -0.361. The Hall–Kier alpha value is -2.71. The molecule has 0 aromatic heterocycles. The zero-order valence-corrected chi connectivity index (χ0v) is 16.0. The van der Waals surface area contributed by atoms with Crippen LogP contribution < -0.4 is 5.73 Å². The molecule has 0 saturated heterocycles. The topological polar surface area (TPSA) is 147 Å². The lowest BCUT2D eigenvalue weighted by molar-refractivity contribution is -0.137. The van der Waals surface area contributed by atoms with E-state index in [0.717, 1.165) is 0 Å². The fourth-order valence-corrected chi connectivity index (χ4v) is 4.91. The number of carbonyl (C=O) groups excluding carboxylic acids is 3. The highest BCUT2D eigenvalue weighted by atomic mass is 16.5. The second kappa shape index (κ2) is 6.67. The summed E-state index contributed by atoms with van der Waals surface area (Å²) in [5.74, 6) is -4.27. The van der Waals surface area contributed by atoms with Gasteiger partial charge in [0.2, 0.25) is 0 Å². The first-order valence-corrected chi connectivity index (χ1v) is 9.61. The Morgan fingerprint density at radius 3 is 2.48 bits per heavy atom. The molecule has 8 nitrogen and oxygen atoms in total. The molecule has 2 saturated carbocycles. The van der Waals surface area contributed by atoms with Gasteiger partial charge in [0.25, 0.3) is 0 Å². The van der Waals surface area contributed by atoms with E-state index in [1.54, 1.807) is 6.08 Å². The van der Waals surface area contributed by atoms with Crippen molar-refractivity contribution in [2.75, 3.05) is 13.7 Å². The summed E-state index contributed by atoms with van der Waals surface area (Å²) in [7, 11) is 1.43. The van der Waals surface area contributed by atoms with Crippen molar-refractivity contribution < 1.29 is 34.4 Å². The maximum Gasteiger partial charge on any atom is 0.178 e. The monoisotopic (exact) mass is 401 g/mol. The number of hydrogen-bond acceptors (Lipinski definition) is 8. The zero-order valence-electron chi connectivity index (χ0n) is 16.0. The maximum atomic E-state index is 13.2. The van der Waals surface area contributed by atoms with Gasteiger partial charge in [-0.2, -0.15) is 0 Å².